The van der Waals surface area contributed by atoms with E-state index in [-0.39, 0.29) is 16.1 Å². The van der Waals surface area contributed by atoms with Crippen LogP contribution in [0.4, 0.5) is 5.69 Å². The van der Waals surface area contributed by atoms with E-state index >= 15 is 0 Å². The number of carbonyl (C=O) groups is 2. The number of amides is 1. The number of aromatic carboxylic acids is 1. The van der Waals surface area contributed by atoms with Gasteiger partial charge in [0.05, 0.1) is 11.3 Å². The summed E-state index contributed by atoms with van der Waals surface area (Å²) in [5.41, 5.74) is 0.498. The number of rotatable bonds is 3. The fourth-order valence-electron chi connectivity index (χ4n) is 1.43. The van der Waals surface area contributed by atoms with E-state index in [0.29, 0.717) is 5.56 Å². The first-order chi connectivity index (χ1) is 8.99. The monoisotopic (exact) mass is 279 g/mol. The Balaban J connectivity index is 2.28. The molecular weight excluding hydrogens is 270 g/mol. The fraction of sp³-hybridized carbons (Fsp3) is 0.0833. The molecule has 2 aromatic rings. The molecule has 0 aliphatic heterocycles. The summed E-state index contributed by atoms with van der Waals surface area (Å²) in [6.07, 6.45) is 1.03. The first kappa shape index (κ1) is 13.0. The maximum absolute atomic E-state index is 11.9. The molecule has 19 heavy (non-hydrogen) atoms. The van der Waals surface area contributed by atoms with Crippen LogP contribution in [-0.2, 0) is 0 Å². The highest BCUT2D eigenvalue weighted by Crippen LogP contribution is 2.27. The van der Waals surface area contributed by atoms with Crippen molar-refractivity contribution in [2.75, 3.05) is 5.32 Å². The zero-order chi connectivity index (χ0) is 14.0. The molecule has 2 aromatic heterocycles. The van der Waals surface area contributed by atoms with Crippen molar-refractivity contribution in [2.45, 2.75) is 6.92 Å². The molecule has 0 saturated carbocycles. The van der Waals surface area contributed by atoms with Gasteiger partial charge in [-0.05, 0) is 23.9 Å². The van der Waals surface area contributed by atoms with Crippen LogP contribution in [0.25, 0.3) is 0 Å². The summed E-state index contributed by atoms with van der Waals surface area (Å²) < 4.78 is 4.58. The summed E-state index contributed by atoms with van der Waals surface area (Å²) >= 11 is 1.04. The highest BCUT2D eigenvalue weighted by molar-refractivity contribution is 7.12. The smallest absolute Gasteiger partial charge is 0.348 e. The lowest BCUT2D eigenvalue weighted by atomic mass is 10.2. The van der Waals surface area contributed by atoms with Gasteiger partial charge in [-0.2, -0.15) is 0 Å². The van der Waals surface area contributed by atoms with Crippen molar-refractivity contribution in [1.82, 2.24) is 0 Å². The Morgan fingerprint density at radius 2 is 2.11 bits per heavy atom. The Morgan fingerprint density at radius 1 is 1.37 bits per heavy atom. The van der Waals surface area contributed by atoms with Gasteiger partial charge in [-0.15, -0.1) is 11.3 Å². The minimum atomic E-state index is -1.10. The lowest BCUT2D eigenvalue weighted by Crippen LogP contribution is -2.15. The lowest BCUT2D eigenvalue weighted by molar-refractivity contribution is 0.0703. The number of anilines is 1. The molecule has 0 bridgehead atoms. The molecule has 1 amide bonds. The highest BCUT2D eigenvalue weighted by Gasteiger charge is 2.18. The predicted octanol–water partition coefficient (Wildman–Crippen LogP) is 1.96. The van der Waals surface area contributed by atoms with Gasteiger partial charge < -0.3 is 14.8 Å². The second-order valence-corrected chi connectivity index (χ2v) is 4.61. The van der Waals surface area contributed by atoms with Crippen LogP contribution < -0.4 is 10.9 Å². The van der Waals surface area contributed by atoms with E-state index in [1.807, 2.05) is 0 Å². The first-order valence-electron chi connectivity index (χ1n) is 5.20. The zero-order valence-corrected chi connectivity index (χ0v) is 10.6. The number of thiophene rings is 1. The number of carboxylic acids is 1. The topological polar surface area (TPSA) is 96.6 Å². The zero-order valence-electron chi connectivity index (χ0n) is 9.80. The molecule has 98 valence electrons. The van der Waals surface area contributed by atoms with Gasteiger partial charge in [-0.3, -0.25) is 4.79 Å². The number of hydrogen-bond donors (Lipinski definition) is 2. The van der Waals surface area contributed by atoms with Gasteiger partial charge in [0.1, 0.15) is 11.1 Å². The van der Waals surface area contributed by atoms with Crippen molar-refractivity contribution in [2.24, 2.45) is 0 Å². The summed E-state index contributed by atoms with van der Waals surface area (Å²) in [7, 11) is 0. The summed E-state index contributed by atoms with van der Waals surface area (Å²) in [5, 5.41) is 13.1. The Bertz CT molecular complexity index is 680. The third-order valence-electron chi connectivity index (χ3n) is 2.37. The van der Waals surface area contributed by atoms with E-state index in [4.69, 9.17) is 5.11 Å². The van der Waals surface area contributed by atoms with Crippen LogP contribution in [-0.4, -0.2) is 17.0 Å². The van der Waals surface area contributed by atoms with E-state index in [2.05, 4.69) is 9.73 Å². The van der Waals surface area contributed by atoms with Gasteiger partial charge in [0.15, 0.2) is 0 Å². The predicted molar refractivity (Wildman–Crippen MR) is 68.9 cm³/mol. The second-order valence-electron chi connectivity index (χ2n) is 3.73. The summed E-state index contributed by atoms with van der Waals surface area (Å²) in [6, 6.07) is 2.43. The molecule has 2 rings (SSSR count). The molecule has 0 spiro atoms. The number of carboxylic acid groups (broad SMARTS) is 1. The molecule has 7 heteroatoms. The van der Waals surface area contributed by atoms with Crippen LogP contribution in [0, 0.1) is 6.92 Å². The standard InChI is InChI=1S/C12H9NO5S/c1-6-5-19-10(12(16)17)9(6)13-11(15)7-2-3-8(14)18-4-7/h2-5H,1H3,(H,13,15)(H,16,17). The largest absolute Gasteiger partial charge is 0.477 e. The maximum atomic E-state index is 11.9. The molecule has 0 fully saturated rings. The molecule has 2 heterocycles. The molecular formula is C12H9NO5S. The van der Waals surface area contributed by atoms with E-state index in [0.717, 1.165) is 23.7 Å². The van der Waals surface area contributed by atoms with Crippen LogP contribution >= 0.6 is 11.3 Å². The SMILES string of the molecule is Cc1csc(C(=O)O)c1NC(=O)c1ccc(=O)oc1. The quantitative estimate of drug-likeness (QED) is 0.895. The van der Waals surface area contributed by atoms with Crippen molar-refractivity contribution in [3.8, 4) is 0 Å². The minimum Gasteiger partial charge on any atom is -0.477 e. The Kier molecular flexibility index (Phi) is 3.48. The average Bonchev–Trinajstić information content (AvgIpc) is 2.72. The molecule has 0 aliphatic rings. The van der Waals surface area contributed by atoms with Crippen molar-refractivity contribution >= 4 is 28.9 Å². The Labute approximate surface area is 111 Å². The molecule has 6 nitrogen and oxygen atoms in total. The summed E-state index contributed by atoms with van der Waals surface area (Å²) in [4.78, 5) is 33.7. The van der Waals surface area contributed by atoms with E-state index in [1.54, 1.807) is 12.3 Å². The summed E-state index contributed by atoms with van der Waals surface area (Å²) in [6.45, 7) is 1.70. The van der Waals surface area contributed by atoms with E-state index in [9.17, 15) is 14.4 Å². The van der Waals surface area contributed by atoms with E-state index in [1.165, 1.54) is 6.07 Å². The lowest BCUT2D eigenvalue weighted by Gasteiger charge is -2.05. The molecule has 0 unspecified atom stereocenters. The van der Waals surface area contributed by atoms with E-state index < -0.39 is 17.5 Å². The third kappa shape index (κ3) is 2.71. The molecule has 0 saturated heterocycles. The van der Waals surface area contributed by atoms with Crippen molar-refractivity contribution in [3.05, 3.63) is 50.2 Å². The van der Waals surface area contributed by atoms with Gasteiger partial charge in [0, 0.05) is 6.07 Å². The van der Waals surface area contributed by atoms with Crippen molar-refractivity contribution < 1.29 is 19.1 Å². The van der Waals surface area contributed by atoms with Gasteiger partial charge in [0.2, 0.25) is 0 Å². The fourth-order valence-corrected chi connectivity index (χ4v) is 2.27. The minimum absolute atomic E-state index is 0.0585. The summed E-state index contributed by atoms with van der Waals surface area (Å²) in [5.74, 6) is -1.64. The normalized spacial score (nSPS) is 10.2. The number of aryl methyl sites for hydroxylation is 1. The van der Waals surface area contributed by atoms with Crippen LogP contribution in [0.5, 0.6) is 0 Å². The molecule has 0 aromatic carbocycles. The molecule has 2 N–H and O–H groups in total. The van der Waals surface area contributed by atoms with Gasteiger partial charge in [0.25, 0.3) is 5.91 Å². The van der Waals surface area contributed by atoms with Crippen molar-refractivity contribution in [3.63, 3.8) is 0 Å². The number of hydrogen-bond acceptors (Lipinski definition) is 5. The Morgan fingerprint density at radius 3 is 2.68 bits per heavy atom. The molecule has 0 aliphatic carbocycles. The molecule has 0 radical (unpaired) electrons. The van der Waals surface area contributed by atoms with Crippen LogP contribution in [0.3, 0.4) is 0 Å². The van der Waals surface area contributed by atoms with Gasteiger partial charge >= 0.3 is 11.6 Å². The van der Waals surface area contributed by atoms with Crippen LogP contribution in [0.1, 0.15) is 25.6 Å². The highest BCUT2D eigenvalue weighted by atomic mass is 32.1. The number of carbonyl (C=O) groups excluding carboxylic acids is 1. The van der Waals surface area contributed by atoms with Gasteiger partial charge in [-0.25, -0.2) is 9.59 Å². The number of nitrogens with one attached hydrogen (secondary N) is 1. The van der Waals surface area contributed by atoms with Gasteiger partial charge in [-0.1, -0.05) is 0 Å². The second kappa shape index (κ2) is 5.07. The van der Waals surface area contributed by atoms with Crippen LogP contribution in [0.2, 0.25) is 0 Å². The average molecular weight is 279 g/mol. The van der Waals surface area contributed by atoms with Crippen molar-refractivity contribution in [1.29, 1.82) is 0 Å². The maximum Gasteiger partial charge on any atom is 0.348 e. The Hall–Kier alpha value is -2.41. The third-order valence-corrected chi connectivity index (χ3v) is 3.46. The molecule has 0 atom stereocenters. The van der Waals surface area contributed by atoms with Crippen LogP contribution in [0.15, 0.2) is 33.0 Å². The first-order valence-corrected chi connectivity index (χ1v) is 6.08.